The second kappa shape index (κ2) is 5.34. The van der Waals surface area contributed by atoms with Gasteiger partial charge in [-0.15, -0.1) is 0 Å². The first-order chi connectivity index (χ1) is 10.1. The molecule has 0 aliphatic carbocycles. The summed E-state index contributed by atoms with van der Waals surface area (Å²) in [6.45, 7) is 1.88. The van der Waals surface area contributed by atoms with E-state index in [9.17, 15) is 9.18 Å². The molecular formula is C17H12ClFO2. The number of fused-ring (bicyclic) bond motifs is 1. The highest BCUT2D eigenvalue weighted by atomic mass is 35.5. The second-order valence-corrected chi connectivity index (χ2v) is 5.18. The first kappa shape index (κ1) is 13.8. The van der Waals surface area contributed by atoms with Crippen LogP contribution < -0.4 is 5.43 Å². The van der Waals surface area contributed by atoms with Gasteiger partial charge in [0.25, 0.3) is 0 Å². The monoisotopic (exact) mass is 302 g/mol. The van der Waals surface area contributed by atoms with E-state index >= 15 is 0 Å². The van der Waals surface area contributed by atoms with Crippen molar-refractivity contribution < 1.29 is 8.81 Å². The zero-order valence-electron chi connectivity index (χ0n) is 11.3. The summed E-state index contributed by atoms with van der Waals surface area (Å²) in [6.07, 6.45) is 0.525. The van der Waals surface area contributed by atoms with Gasteiger partial charge in [-0.3, -0.25) is 4.79 Å². The van der Waals surface area contributed by atoms with Crippen LogP contribution in [0.2, 0.25) is 5.02 Å². The van der Waals surface area contributed by atoms with Gasteiger partial charge in [-0.1, -0.05) is 18.5 Å². The Labute approximate surface area is 125 Å². The first-order valence-electron chi connectivity index (χ1n) is 6.61. The average molecular weight is 303 g/mol. The zero-order chi connectivity index (χ0) is 15.0. The highest BCUT2D eigenvalue weighted by Gasteiger charge is 2.15. The minimum absolute atomic E-state index is 0.0967. The summed E-state index contributed by atoms with van der Waals surface area (Å²) in [5, 5.41) is 0.955. The highest BCUT2D eigenvalue weighted by Crippen LogP contribution is 2.27. The topological polar surface area (TPSA) is 30.2 Å². The zero-order valence-corrected chi connectivity index (χ0v) is 12.1. The van der Waals surface area contributed by atoms with Crippen LogP contribution in [0.3, 0.4) is 0 Å². The molecule has 0 amide bonds. The van der Waals surface area contributed by atoms with E-state index in [-0.39, 0.29) is 11.2 Å². The molecule has 21 heavy (non-hydrogen) atoms. The maximum atomic E-state index is 13.1. The highest BCUT2D eigenvalue weighted by molar-refractivity contribution is 6.31. The molecule has 1 aromatic heterocycles. The Morgan fingerprint density at radius 3 is 2.52 bits per heavy atom. The molecule has 2 nitrogen and oxygen atoms in total. The van der Waals surface area contributed by atoms with Gasteiger partial charge in [0.1, 0.15) is 17.2 Å². The largest absolute Gasteiger partial charge is 0.456 e. The third-order valence-electron chi connectivity index (χ3n) is 3.41. The van der Waals surface area contributed by atoms with Crippen LogP contribution in [-0.2, 0) is 6.42 Å². The number of hydrogen-bond donors (Lipinski definition) is 0. The lowest BCUT2D eigenvalue weighted by Crippen LogP contribution is -2.10. The van der Waals surface area contributed by atoms with Crippen molar-refractivity contribution in [3.63, 3.8) is 0 Å². The Morgan fingerprint density at radius 2 is 1.86 bits per heavy atom. The maximum absolute atomic E-state index is 13.1. The molecule has 0 saturated heterocycles. The predicted octanol–water partition coefficient (Wildman–Crippen LogP) is 4.81. The molecule has 2 aromatic carbocycles. The smallest absolute Gasteiger partial charge is 0.196 e. The van der Waals surface area contributed by atoms with Crippen molar-refractivity contribution in [3.05, 3.63) is 69.1 Å². The van der Waals surface area contributed by atoms with Gasteiger partial charge in [-0.2, -0.15) is 0 Å². The van der Waals surface area contributed by atoms with Gasteiger partial charge in [-0.25, -0.2) is 4.39 Å². The molecule has 106 valence electrons. The van der Waals surface area contributed by atoms with Crippen molar-refractivity contribution in [2.45, 2.75) is 13.3 Å². The van der Waals surface area contributed by atoms with Crippen LogP contribution in [0, 0.1) is 5.82 Å². The summed E-state index contributed by atoms with van der Waals surface area (Å²) in [6, 6.07) is 10.9. The van der Waals surface area contributed by atoms with Crippen LogP contribution in [0.15, 0.2) is 51.7 Å². The molecule has 3 rings (SSSR count). The lowest BCUT2D eigenvalue weighted by atomic mass is 10.0. The molecule has 0 spiro atoms. The van der Waals surface area contributed by atoms with Gasteiger partial charge in [0, 0.05) is 16.1 Å². The van der Waals surface area contributed by atoms with Crippen molar-refractivity contribution in [2.75, 3.05) is 0 Å². The summed E-state index contributed by atoms with van der Waals surface area (Å²) in [4.78, 5) is 12.6. The Morgan fingerprint density at radius 1 is 1.14 bits per heavy atom. The molecular weight excluding hydrogens is 291 g/mol. The number of benzene rings is 2. The molecule has 0 aliphatic heterocycles. The summed E-state index contributed by atoms with van der Waals surface area (Å²) in [7, 11) is 0. The maximum Gasteiger partial charge on any atom is 0.196 e. The van der Waals surface area contributed by atoms with Crippen LogP contribution in [0.5, 0.6) is 0 Å². The molecule has 0 radical (unpaired) electrons. The fourth-order valence-corrected chi connectivity index (χ4v) is 2.53. The SMILES string of the molecule is CCc1c(-c2ccc(F)cc2)oc2ccc(Cl)cc2c1=O. The van der Waals surface area contributed by atoms with E-state index in [2.05, 4.69) is 0 Å². The van der Waals surface area contributed by atoms with Gasteiger partial charge in [0.2, 0.25) is 0 Å². The standard InChI is InChI=1S/C17H12ClFO2/c1-2-13-16(20)14-9-11(18)5-8-15(14)21-17(13)10-3-6-12(19)7-4-10/h3-9H,2H2,1H3. The van der Waals surface area contributed by atoms with E-state index in [1.54, 1.807) is 30.3 Å². The van der Waals surface area contributed by atoms with Crippen molar-refractivity contribution in [2.24, 2.45) is 0 Å². The third kappa shape index (κ3) is 2.45. The third-order valence-corrected chi connectivity index (χ3v) is 3.64. The molecule has 0 unspecified atom stereocenters. The number of halogens is 2. The van der Waals surface area contributed by atoms with E-state index in [1.807, 2.05) is 6.92 Å². The molecule has 0 N–H and O–H groups in total. The second-order valence-electron chi connectivity index (χ2n) is 4.74. The van der Waals surface area contributed by atoms with E-state index < -0.39 is 0 Å². The molecule has 1 heterocycles. The number of hydrogen-bond acceptors (Lipinski definition) is 2. The van der Waals surface area contributed by atoms with E-state index in [1.165, 1.54) is 12.1 Å². The minimum atomic E-state index is -0.327. The fourth-order valence-electron chi connectivity index (χ4n) is 2.36. The van der Waals surface area contributed by atoms with Gasteiger partial charge < -0.3 is 4.42 Å². The van der Waals surface area contributed by atoms with Gasteiger partial charge in [-0.05, 0) is 48.9 Å². The van der Waals surface area contributed by atoms with Crippen LogP contribution >= 0.6 is 11.6 Å². The molecule has 0 saturated carbocycles. The first-order valence-corrected chi connectivity index (χ1v) is 6.99. The normalized spacial score (nSPS) is 11.0. The summed E-state index contributed by atoms with van der Waals surface area (Å²) >= 11 is 5.94. The van der Waals surface area contributed by atoms with E-state index in [4.69, 9.17) is 16.0 Å². The van der Waals surface area contributed by atoms with Gasteiger partial charge >= 0.3 is 0 Å². The average Bonchev–Trinajstić information content (AvgIpc) is 2.48. The molecule has 0 atom stereocenters. The van der Waals surface area contributed by atoms with Crippen LogP contribution in [-0.4, -0.2) is 0 Å². The Balaban J connectivity index is 2.34. The van der Waals surface area contributed by atoms with Crippen molar-refractivity contribution in [1.29, 1.82) is 0 Å². The van der Waals surface area contributed by atoms with E-state index in [0.29, 0.717) is 39.3 Å². The van der Waals surface area contributed by atoms with Gasteiger partial charge in [0.15, 0.2) is 5.43 Å². The number of rotatable bonds is 2. The quantitative estimate of drug-likeness (QED) is 0.679. The molecule has 0 aliphatic rings. The van der Waals surface area contributed by atoms with Crippen LogP contribution in [0.1, 0.15) is 12.5 Å². The summed E-state index contributed by atoms with van der Waals surface area (Å²) in [5.41, 5.74) is 1.63. The van der Waals surface area contributed by atoms with Crippen LogP contribution in [0.25, 0.3) is 22.3 Å². The van der Waals surface area contributed by atoms with Crippen molar-refractivity contribution >= 4 is 22.6 Å². The van der Waals surface area contributed by atoms with E-state index in [0.717, 1.165) is 0 Å². The van der Waals surface area contributed by atoms with Crippen molar-refractivity contribution in [3.8, 4) is 11.3 Å². The Kier molecular flexibility index (Phi) is 3.52. The molecule has 3 aromatic rings. The Hall–Kier alpha value is -2.13. The van der Waals surface area contributed by atoms with Crippen molar-refractivity contribution in [1.82, 2.24) is 0 Å². The summed E-state index contributed by atoms with van der Waals surface area (Å²) < 4.78 is 18.9. The Bertz CT molecular complexity index is 866. The lowest BCUT2D eigenvalue weighted by Gasteiger charge is -2.09. The lowest BCUT2D eigenvalue weighted by molar-refractivity contribution is 0.608. The summed E-state index contributed by atoms with van der Waals surface area (Å²) in [5.74, 6) is 0.157. The molecule has 0 bridgehead atoms. The molecule has 0 fully saturated rings. The van der Waals surface area contributed by atoms with Crippen LogP contribution in [0.4, 0.5) is 4.39 Å². The fraction of sp³-hybridized carbons (Fsp3) is 0.118. The van der Waals surface area contributed by atoms with Gasteiger partial charge in [0.05, 0.1) is 5.39 Å². The molecule has 4 heteroatoms. The predicted molar refractivity (Wildman–Crippen MR) is 82.3 cm³/mol. The minimum Gasteiger partial charge on any atom is -0.456 e.